The van der Waals surface area contributed by atoms with Crippen LogP contribution in [0.2, 0.25) is 0 Å². The molecule has 1 nitrogen and oxygen atoms in total. The molecule has 0 aliphatic heterocycles. The Balaban J connectivity index is 2.75. The van der Waals surface area contributed by atoms with Crippen molar-refractivity contribution in [1.82, 2.24) is 0 Å². The average molecular weight is 174 g/mol. The molecule has 0 unspecified atom stereocenters. The zero-order chi connectivity index (χ0) is 9.68. The van der Waals surface area contributed by atoms with Gasteiger partial charge >= 0.3 is 0 Å². The second kappa shape index (κ2) is 4.51. The molecule has 0 aliphatic rings. The molecule has 0 saturated heterocycles. The van der Waals surface area contributed by atoms with Gasteiger partial charge in [0.05, 0.1) is 5.76 Å². The Morgan fingerprint density at radius 1 is 1.31 bits per heavy atom. The first-order valence-corrected chi connectivity index (χ1v) is 4.28. The molecule has 0 aliphatic carbocycles. The molecular formula is C12H14O. The molecule has 1 heteroatoms. The van der Waals surface area contributed by atoms with E-state index in [2.05, 4.69) is 6.58 Å². The quantitative estimate of drug-likeness (QED) is 0.636. The first kappa shape index (κ1) is 9.59. The molecule has 0 bridgehead atoms. The predicted molar refractivity (Wildman–Crippen MR) is 56.6 cm³/mol. The highest BCUT2D eigenvalue weighted by Crippen LogP contribution is 2.14. The summed E-state index contributed by atoms with van der Waals surface area (Å²) in [6.07, 6.45) is 4.05. The molecule has 0 saturated carbocycles. The van der Waals surface area contributed by atoms with E-state index in [1.165, 1.54) is 5.56 Å². The molecule has 0 atom stereocenters. The van der Waals surface area contributed by atoms with E-state index in [-0.39, 0.29) is 0 Å². The minimum atomic E-state index is 0.707. The van der Waals surface area contributed by atoms with Gasteiger partial charge in [0.15, 0.2) is 0 Å². The summed E-state index contributed by atoms with van der Waals surface area (Å²) in [5.74, 6) is 1.54. The second-order valence-electron chi connectivity index (χ2n) is 2.87. The third kappa shape index (κ3) is 3.16. The first-order chi connectivity index (χ1) is 6.22. The van der Waals surface area contributed by atoms with Crippen LogP contribution >= 0.6 is 0 Å². The highest BCUT2D eigenvalue weighted by Gasteiger charge is 1.92. The fourth-order valence-corrected chi connectivity index (χ4v) is 1.04. The van der Waals surface area contributed by atoms with Gasteiger partial charge in [0.1, 0.15) is 5.75 Å². The molecular weight excluding hydrogens is 160 g/mol. The number of hydrogen-bond acceptors (Lipinski definition) is 1. The van der Waals surface area contributed by atoms with Crippen molar-refractivity contribution in [1.29, 1.82) is 0 Å². The van der Waals surface area contributed by atoms with Crippen LogP contribution < -0.4 is 4.74 Å². The van der Waals surface area contributed by atoms with Crippen molar-refractivity contribution in [2.24, 2.45) is 0 Å². The van der Waals surface area contributed by atoms with E-state index in [4.69, 9.17) is 4.74 Å². The minimum Gasteiger partial charge on any atom is -0.463 e. The molecule has 68 valence electrons. The Morgan fingerprint density at radius 2 is 1.92 bits per heavy atom. The predicted octanol–water partition coefficient (Wildman–Crippen LogP) is 3.63. The van der Waals surface area contributed by atoms with E-state index >= 15 is 0 Å². The van der Waals surface area contributed by atoms with Crippen molar-refractivity contribution in [3.05, 3.63) is 48.2 Å². The molecule has 13 heavy (non-hydrogen) atoms. The van der Waals surface area contributed by atoms with Crippen LogP contribution in [0.1, 0.15) is 19.4 Å². The van der Waals surface area contributed by atoms with Gasteiger partial charge in [-0.25, -0.2) is 0 Å². The third-order valence-corrected chi connectivity index (χ3v) is 1.53. The van der Waals surface area contributed by atoms with Crippen LogP contribution in [-0.4, -0.2) is 0 Å². The standard InChI is InChI=1S/C12H14O/c1-4-5-11-6-8-12(9-7-11)13-10(2)3/h4-9H,2H2,1,3H3/b5-4+. The van der Waals surface area contributed by atoms with Gasteiger partial charge < -0.3 is 4.74 Å². The third-order valence-electron chi connectivity index (χ3n) is 1.53. The van der Waals surface area contributed by atoms with Crippen molar-refractivity contribution in [3.63, 3.8) is 0 Å². The number of hydrogen-bond donors (Lipinski definition) is 0. The summed E-state index contributed by atoms with van der Waals surface area (Å²) in [7, 11) is 0. The topological polar surface area (TPSA) is 9.23 Å². The first-order valence-electron chi connectivity index (χ1n) is 4.28. The van der Waals surface area contributed by atoms with Crippen molar-refractivity contribution >= 4 is 6.08 Å². The summed E-state index contributed by atoms with van der Waals surface area (Å²) in [6, 6.07) is 7.89. The Morgan fingerprint density at radius 3 is 2.38 bits per heavy atom. The molecule has 0 aromatic heterocycles. The lowest BCUT2D eigenvalue weighted by molar-refractivity contribution is 0.430. The Bertz CT molecular complexity index is 306. The average Bonchev–Trinajstić information content (AvgIpc) is 2.08. The minimum absolute atomic E-state index is 0.707. The van der Waals surface area contributed by atoms with E-state index < -0.39 is 0 Å². The van der Waals surface area contributed by atoms with Crippen molar-refractivity contribution in [2.75, 3.05) is 0 Å². The van der Waals surface area contributed by atoms with Crippen LogP contribution in [0.25, 0.3) is 6.08 Å². The van der Waals surface area contributed by atoms with Crippen molar-refractivity contribution < 1.29 is 4.74 Å². The van der Waals surface area contributed by atoms with Crippen LogP contribution in [0.15, 0.2) is 42.7 Å². The lowest BCUT2D eigenvalue weighted by Crippen LogP contribution is -1.87. The lowest BCUT2D eigenvalue weighted by atomic mass is 10.2. The highest BCUT2D eigenvalue weighted by atomic mass is 16.5. The second-order valence-corrected chi connectivity index (χ2v) is 2.87. The van der Waals surface area contributed by atoms with Crippen LogP contribution in [0.3, 0.4) is 0 Å². The molecule has 1 aromatic rings. The van der Waals surface area contributed by atoms with Gasteiger partial charge in [-0.3, -0.25) is 0 Å². The molecule has 1 rings (SSSR count). The maximum atomic E-state index is 5.33. The number of ether oxygens (including phenoxy) is 1. The van der Waals surface area contributed by atoms with Gasteiger partial charge in [-0.1, -0.05) is 30.9 Å². The molecule has 0 radical (unpaired) electrons. The maximum Gasteiger partial charge on any atom is 0.126 e. The fraction of sp³-hybridized carbons (Fsp3) is 0.167. The van der Waals surface area contributed by atoms with Gasteiger partial charge in [-0.15, -0.1) is 0 Å². The zero-order valence-electron chi connectivity index (χ0n) is 8.08. The lowest BCUT2D eigenvalue weighted by Gasteiger charge is -2.03. The molecule has 0 spiro atoms. The number of benzene rings is 1. The normalized spacial score (nSPS) is 10.3. The SMILES string of the molecule is C=C(C)Oc1ccc(/C=C/C)cc1. The Hall–Kier alpha value is -1.50. The summed E-state index contributed by atoms with van der Waals surface area (Å²) in [6.45, 7) is 7.50. The maximum absolute atomic E-state index is 5.33. The Labute approximate surface area is 79.4 Å². The van der Waals surface area contributed by atoms with Crippen molar-refractivity contribution in [3.8, 4) is 5.75 Å². The Kier molecular flexibility index (Phi) is 3.32. The fourth-order valence-electron chi connectivity index (χ4n) is 1.04. The van der Waals surface area contributed by atoms with Gasteiger partial charge in [-0.2, -0.15) is 0 Å². The monoisotopic (exact) mass is 174 g/mol. The van der Waals surface area contributed by atoms with Gasteiger partial charge in [0.25, 0.3) is 0 Å². The van der Waals surface area contributed by atoms with Crippen LogP contribution in [-0.2, 0) is 0 Å². The number of rotatable bonds is 3. The van der Waals surface area contributed by atoms with E-state index in [1.54, 1.807) is 0 Å². The van der Waals surface area contributed by atoms with Crippen molar-refractivity contribution in [2.45, 2.75) is 13.8 Å². The summed E-state index contributed by atoms with van der Waals surface area (Å²) in [5.41, 5.74) is 1.18. The molecule has 0 N–H and O–H groups in total. The molecule has 0 amide bonds. The summed E-state index contributed by atoms with van der Waals surface area (Å²) < 4.78 is 5.33. The smallest absolute Gasteiger partial charge is 0.126 e. The van der Waals surface area contributed by atoms with E-state index in [1.807, 2.05) is 50.3 Å². The molecule has 1 aromatic carbocycles. The summed E-state index contributed by atoms with van der Waals surface area (Å²) in [4.78, 5) is 0. The largest absolute Gasteiger partial charge is 0.463 e. The van der Waals surface area contributed by atoms with Crippen LogP contribution in [0, 0.1) is 0 Å². The van der Waals surface area contributed by atoms with Crippen LogP contribution in [0.5, 0.6) is 5.75 Å². The van der Waals surface area contributed by atoms with E-state index in [0.29, 0.717) is 5.76 Å². The van der Waals surface area contributed by atoms with E-state index in [0.717, 1.165) is 5.75 Å². The van der Waals surface area contributed by atoms with Crippen LogP contribution in [0.4, 0.5) is 0 Å². The molecule has 0 heterocycles. The summed E-state index contributed by atoms with van der Waals surface area (Å²) in [5, 5.41) is 0. The van der Waals surface area contributed by atoms with Gasteiger partial charge in [0, 0.05) is 0 Å². The van der Waals surface area contributed by atoms with Gasteiger partial charge in [0.2, 0.25) is 0 Å². The number of allylic oxidation sites excluding steroid dienone is 2. The zero-order valence-corrected chi connectivity index (χ0v) is 8.08. The molecule has 0 fully saturated rings. The van der Waals surface area contributed by atoms with E-state index in [9.17, 15) is 0 Å². The highest BCUT2D eigenvalue weighted by molar-refractivity contribution is 5.50. The summed E-state index contributed by atoms with van der Waals surface area (Å²) >= 11 is 0. The van der Waals surface area contributed by atoms with Gasteiger partial charge in [-0.05, 0) is 31.5 Å².